The average Bonchev–Trinajstić information content (AvgIpc) is 2.65. The van der Waals surface area contributed by atoms with Gasteiger partial charge in [0, 0.05) is 30.4 Å². The molecule has 2 N–H and O–H groups in total. The Balaban J connectivity index is 1.99. The number of nitrogens with one attached hydrogen (secondary N) is 2. The van der Waals surface area contributed by atoms with Crippen molar-refractivity contribution < 1.29 is 22.8 Å². The minimum atomic E-state index is -3.43. The Morgan fingerprint density at radius 3 is 2.48 bits per heavy atom. The van der Waals surface area contributed by atoms with E-state index in [0.717, 1.165) is 18.2 Å². The van der Waals surface area contributed by atoms with Crippen molar-refractivity contribution in [1.29, 1.82) is 0 Å². The molecule has 0 unspecified atom stereocenters. The number of carbonyl (C=O) groups excluding carboxylic acids is 2. The Hall–Kier alpha value is -3.03. The van der Waals surface area contributed by atoms with Gasteiger partial charge in [-0.15, -0.1) is 0 Å². The molecule has 5 nitrogen and oxygen atoms in total. The van der Waals surface area contributed by atoms with Gasteiger partial charge >= 0.3 is 6.03 Å². The number of halogens is 3. The maximum absolute atomic E-state index is 14.1. The van der Waals surface area contributed by atoms with Crippen LogP contribution < -0.4 is 10.6 Å². The zero-order valence-corrected chi connectivity index (χ0v) is 14.9. The summed E-state index contributed by atoms with van der Waals surface area (Å²) in [6.45, 7) is 1.35. The van der Waals surface area contributed by atoms with E-state index in [2.05, 4.69) is 10.6 Å². The predicted octanol–water partition coefficient (Wildman–Crippen LogP) is 3.83. The molecule has 0 heterocycles. The van der Waals surface area contributed by atoms with E-state index in [9.17, 15) is 22.8 Å². The van der Waals surface area contributed by atoms with Crippen molar-refractivity contribution in [1.82, 2.24) is 10.2 Å². The number of carbonyl (C=O) groups is 2. The Kier molecular flexibility index (Phi) is 6.44. The summed E-state index contributed by atoms with van der Waals surface area (Å²) in [5, 5.41) is 4.46. The summed E-state index contributed by atoms with van der Waals surface area (Å²) in [4.78, 5) is 25.5. The van der Waals surface area contributed by atoms with E-state index in [-0.39, 0.29) is 11.6 Å². The minimum Gasteiger partial charge on any atom is -0.342 e. The highest BCUT2D eigenvalue weighted by molar-refractivity contribution is 5.96. The molecule has 0 saturated heterocycles. The lowest BCUT2D eigenvalue weighted by Crippen LogP contribution is -2.37. The van der Waals surface area contributed by atoms with Crippen LogP contribution in [0.15, 0.2) is 48.5 Å². The van der Waals surface area contributed by atoms with E-state index >= 15 is 0 Å². The van der Waals surface area contributed by atoms with Crippen LogP contribution in [0.1, 0.15) is 22.8 Å². The highest BCUT2D eigenvalue weighted by Crippen LogP contribution is 2.27. The molecule has 3 amide bonds. The topological polar surface area (TPSA) is 61.4 Å². The van der Waals surface area contributed by atoms with Crippen LogP contribution in [0, 0.1) is 5.82 Å². The molecule has 2 aromatic rings. The van der Waals surface area contributed by atoms with Gasteiger partial charge in [0.15, 0.2) is 0 Å². The van der Waals surface area contributed by atoms with Crippen molar-refractivity contribution in [3.05, 3.63) is 65.5 Å². The van der Waals surface area contributed by atoms with E-state index in [4.69, 9.17) is 0 Å². The molecule has 0 aromatic heterocycles. The maximum atomic E-state index is 14.1. The van der Waals surface area contributed by atoms with Crippen LogP contribution in [0.2, 0.25) is 0 Å². The molecule has 0 aliphatic heterocycles. The lowest BCUT2D eigenvalue weighted by molar-refractivity contribution is -0.000375. The molecule has 0 saturated carbocycles. The molecule has 0 radical (unpaired) electrons. The van der Waals surface area contributed by atoms with Gasteiger partial charge in [0.05, 0.1) is 6.54 Å². The summed E-state index contributed by atoms with van der Waals surface area (Å²) in [5.74, 6) is -4.43. The second-order valence-corrected chi connectivity index (χ2v) is 5.92. The van der Waals surface area contributed by atoms with Crippen LogP contribution in [0.25, 0.3) is 0 Å². The molecule has 0 atom stereocenters. The fourth-order valence-electron chi connectivity index (χ4n) is 2.28. The van der Waals surface area contributed by atoms with Crippen LogP contribution in [0.5, 0.6) is 0 Å². The predicted molar refractivity (Wildman–Crippen MR) is 96.4 cm³/mol. The largest absolute Gasteiger partial charge is 0.342 e. The van der Waals surface area contributed by atoms with Gasteiger partial charge in [-0.05, 0) is 37.3 Å². The lowest BCUT2D eigenvalue weighted by atomic mass is 10.1. The van der Waals surface area contributed by atoms with E-state index in [1.165, 1.54) is 23.1 Å². The van der Waals surface area contributed by atoms with E-state index < -0.39 is 29.9 Å². The zero-order valence-electron chi connectivity index (χ0n) is 14.9. The zero-order chi connectivity index (χ0) is 20.0. The van der Waals surface area contributed by atoms with Gasteiger partial charge < -0.3 is 15.5 Å². The summed E-state index contributed by atoms with van der Waals surface area (Å²) >= 11 is 0. The lowest BCUT2D eigenvalue weighted by Gasteiger charge is -2.18. The quantitative estimate of drug-likeness (QED) is 0.801. The van der Waals surface area contributed by atoms with Gasteiger partial charge in [0.1, 0.15) is 5.82 Å². The molecule has 144 valence electrons. The first-order chi connectivity index (χ1) is 12.7. The average molecular weight is 379 g/mol. The van der Waals surface area contributed by atoms with Crippen molar-refractivity contribution in [2.24, 2.45) is 0 Å². The Morgan fingerprint density at radius 1 is 1.11 bits per heavy atom. The van der Waals surface area contributed by atoms with Crippen LogP contribution in [-0.2, 0) is 5.92 Å². The fourth-order valence-corrected chi connectivity index (χ4v) is 2.28. The summed E-state index contributed by atoms with van der Waals surface area (Å²) < 4.78 is 41.3. The molecular formula is C19H20F3N3O2. The maximum Gasteiger partial charge on any atom is 0.319 e. The number of hydrogen-bond acceptors (Lipinski definition) is 2. The first-order valence-electron chi connectivity index (χ1n) is 8.27. The number of benzene rings is 2. The number of amides is 3. The van der Waals surface area contributed by atoms with Crippen molar-refractivity contribution in [3.63, 3.8) is 0 Å². The summed E-state index contributed by atoms with van der Waals surface area (Å²) in [6.07, 6.45) is 0. The third kappa shape index (κ3) is 5.47. The summed E-state index contributed by atoms with van der Waals surface area (Å²) in [7, 11) is 1.64. The second-order valence-electron chi connectivity index (χ2n) is 5.92. The van der Waals surface area contributed by atoms with Gasteiger partial charge in [-0.25, -0.2) is 9.18 Å². The first kappa shape index (κ1) is 20.3. The smallest absolute Gasteiger partial charge is 0.319 e. The van der Waals surface area contributed by atoms with Gasteiger partial charge in [-0.1, -0.05) is 18.2 Å². The number of urea groups is 1. The van der Waals surface area contributed by atoms with E-state index in [1.807, 2.05) is 6.92 Å². The van der Waals surface area contributed by atoms with Crippen molar-refractivity contribution >= 4 is 17.6 Å². The molecule has 2 rings (SSSR count). The van der Waals surface area contributed by atoms with Crippen LogP contribution >= 0.6 is 0 Å². The molecular weight excluding hydrogens is 359 g/mol. The molecule has 0 aliphatic rings. The Labute approximate surface area is 155 Å². The Morgan fingerprint density at radius 2 is 1.81 bits per heavy atom. The van der Waals surface area contributed by atoms with Gasteiger partial charge in [-0.2, -0.15) is 8.78 Å². The Bertz CT molecular complexity index is 827. The second kappa shape index (κ2) is 8.57. The third-order valence-corrected chi connectivity index (χ3v) is 3.91. The van der Waals surface area contributed by atoms with Gasteiger partial charge in [-0.3, -0.25) is 4.79 Å². The molecule has 0 spiro atoms. The van der Waals surface area contributed by atoms with Gasteiger partial charge in [0.2, 0.25) is 0 Å². The first-order valence-corrected chi connectivity index (χ1v) is 8.27. The normalized spacial score (nSPS) is 11.0. The molecule has 27 heavy (non-hydrogen) atoms. The van der Waals surface area contributed by atoms with Crippen LogP contribution in [0.4, 0.5) is 23.7 Å². The summed E-state index contributed by atoms with van der Waals surface area (Å²) in [6, 6.07) is 9.34. The molecule has 2 aromatic carbocycles. The standard InChI is InChI=1S/C19H20F3N3O2/c1-3-25(2)17(26)13-6-4-9-16(10-13)24-18(27)23-12-19(21,22)14-7-5-8-15(20)11-14/h4-11H,3,12H2,1-2H3,(H2,23,24,27). The number of nitrogens with zero attached hydrogens (tertiary/aromatic N) is 1. The van der Waals surface area contributed by atoms with Crippen molar-refractivity contribution in [3.8, 4) is 0 Å². The number of anilines is 1. The number of rotatable bonds is 6. The molecule has 8 heteroatoms. The fraction of sp³-hybridized carbons (Fsp3) is 0.263. The molecule has 0 fully saturated rings. The van der Waals surface area contributed by atoms with E-state index in [1.54, 1.807) is 19.2 Å². The van der Waals surface area contributed by atoms with Gasteiger partial charge in [0.25, 0.3) is 11.8 Å². The third-order valence-electron chi connectivity index (χ3n) is 3.91. The van der Waals surface area contributed by atoms with E-state index in [0.29, 0.717) is 12.1 Å². The van der Waals surface area contributed by atoms with Crippen LogP contribution in [-0.4, -0.2) is 37.0 Å². The molecule has 0 bridgehead atoms. The summed E-state index contributed by atoms with van der Waals surface area (Å²) in [5.41, 5.74) is 0.122. The minimum absolute atomic E-state index is 0.223. The number of hydrogen-bond donors (Lipinski definition) is 2. The molecule has 0 aliphatic carbocycles. The highest BCUT2D eigenvalue weighted by Gasteiger charge is 2.32. The van der Waals surface area contributed by atoms with Crippen molar-refractivity contribution in [2.75, 3.05) is 25.5 Å². The SMILES string of the molecule is CCN(C)C(=O)c1cccc(NC(=O)NCC(F)(F)c2cccc(F)c2)c1. The van der Waals surface area contributed by atoms with Crippen LogP contribution in [0.3, 0.4) is 0 Å². The highest BCUT2D eigenvalue weighted by atomic mass is 19.3. The monoisotopic (exact) mass is 379 g/mol. The number of alkyl halides is 2. The van der Waals surface area contributed by atoms with Crippen molar-refractivity contribution in [2.45, 2.75) is 12.8 Å².